The maximum atomic E-state index is 14.6. The van der Waals surface area contributed by atoms with E-state index in [2.05, 4.69) is 47.2 Å². The summed E-state index contributed by atoms with van der Waals surface area (Å²) < 4.78 is 12.9. The normalized spacial score (nSPS) is 36.4. The Morgan fingerprint density at radius 2 is 1.83 bits per heavy atom. The van der Waals surface area contributed by atoms with Gasteiger partial charge in [0.15, 0.2) is 0 Å². The van der Waals surface area contributed by atoms with Crippen LogP contribution in [0.5, 0.6) is 0 Å². The number of hydrogen-bond donors (Lipinski definition) is 4. The molecule has 0 aromatic heterocycles. The predicted molar refractivity (Wildman–Crippen MR) is 215 cm³/mol. The third-order valence-electron chi connectivity index (χ3n) is 14.9. The van der Waals surface area contributed by atoms with Gasteiger partial charge in [-0.1, -0.05) is 85.1 Å². The van der Waals surface area contributed by atoms with Gasteiger partial charge in [0.25, 0.3) is 0 Å². The second-order valence-corrected chi connectivity index (χ2v) is 20.3. The molecule has 4 heterocycles. The maximum Gasteiger partial charge on any atom is 0.340 e. The fourth-order valence-corrected chi connectivity index (χ4v) is 14.9. The first-order chi connectivity index (χ1) is 26.3. The molecule has 0 aromatic carbocycles. The van der Waals surface area contributed by atoms with E-state index in [4.69, 9.17) is 9.47 Å². The molecule has 10 heteroatoms. The van der Waals surface area contributed by atoms with E-state index >= 15 is 0 Å². The molecule has 8 nitrogen and oxygen atoms in total. The minimum atomic E-state index is -0.659. The number of aliphatic hydroxyl groups is 1. The molecule has 7 bridgehead atoms. The average molecular weight is 774 g/mol. The number of hydrogen-bond acceptors (Lipinski definition) is 10. The summed E-state index contributed by atoms with van der Waals surface area (Å²) in [6.07, 6.45) is 25.8. The van der Waals surface area contributed by atoms with Crippen LogP contribution in [0.15, 0.2) is 69.5 Å². The molecule has 292 valence electrons. The van der Waals surface area contributed by atoms with Gasteiger partial charge in [0, 0.05) is 30.2 Å². The Morgan fingerprint density at radius 3 is 2.63 bits per heavy atom. The SMILES string of the molecule is CCC1(C=C2OC(=O)C3=C2CCC2C4CCC5(C6=CCC(C7CCCCC7)C(NCC(C)O)SSCNC7=CC(=CCN7)CC4=C5C(=O)O6)C32)CCCC1. The summed E-state index contributed by atoms with van der Waals surface area (Å²) in [5, 5.41) is 21.5. The van der Waals surface area contributed by atoms with E-state index in [9.17, 15) is 14.7 Å². The van der Waals surface area contributed by atoms with Crippen LogP contribution in [0.1, 0.15) is 117 Å². The quantitative estimate of drug-likeness (QED) is 0.155. The molecule has 10 aliphatic rings. The zero-order valence-electron chi connectivity index (χ0n) is 32.2. The molecule has 7 atom stereocenters. The topological polar surface area (TPSA) is 109 Å². The molecular weight excluding hydrogens is 715 g/mol. The zero-order valence-corrected chi connectivity index (χ0v) is 33.8. The Balaban J connectivity index is 1.19. The molecular formula is C44H59N3O5S2. The van der Waals surface area contributed by atoms with E-state index in [1.54, 1.807) is 0 Å². The number of dihydropyridines is 1. The lowest BCUT2D eigenvalue weighted by Gasteiger charge is -2.56. The number of rotatable bonds is 6. The van der Waals surface area contributed by atoms with Crippen molar-refractivity contribution in [1.82, 2.24) is 16.0 Å². The standard InChI is InChI=1S/C44H59N3O5S2/c1-3-43(17-7-8-18-43)23-34-32-12-11-31-30-15-19-44(38(31)37(32)41(49)51-34)35-14-13-29(28-9-5-4-6-10-28)40(46-24-26(2)48)54-53-25-47-36-22-27(16-20-45-36)21-33(30)39(44)42(50)52-35/h14,16,22-23,26,28-31,38,40,45-48H,3-13,15,17-21,24-25H2,1-2H3. The highest BCUT2D eigenvalue weighted by atomic mass is 33.1. The summed E-state index contributed by atoms with van der Waals surface area (Å²) in [6.45, 7) is 5.39. The van der Waals surface area contributed by atoms with Gasteiger partial charge < -0.3 is 30.5 Å². The van der Waals surface area contributed by atoms with Gasteiger partial charge in [-0.3, -0.25) is 0 Å². The summed E-state index contributed by atoms with van der Waals surface area (Å²) in [5.74, 6) is 4.22. The number of carbonyl (C=O) groups excluding carboxylic acids is 2. The van der Waals surface area contributed by atoms with Crippen molar-refractivity contribution in [1.29, 1.82) is 0 Å². The summed E-state index contributed by atoms with van der Waals surface area (Å²) in [6, 6.07) is 0. The molecule has 10 rings (SSSR count). The lowest BCUT2D eigenvalue weighted by Crippen LogP contribution is -2.52. The van der Waals surface area contributed by atoms with Gasteiger partial charge >= 0.3 is 11.9 Å². The van der Waals surface area contributed by atoms with Crippen molar-refractivity contribution >= 4 is 33.5 Å². The van der Waals surface area contributed by atoms with Crippen molar-refractivity contribution in [2.75, 3.05) is 19.0 Å². The molecule has 0 aromatic rings. The molecule has 1 spiro atoms. The van der Waals surface area contributed by atoms with Crippen LogP contribution in [0.4, 0.5) is 0 Å². The number of aliphatic hydroxyl groups excluding tert-OH is 1. The van der Waals surface area contributed by atoms with Crippen LogP contribution in [0, 0.1) is 40.4 Å². The van der Waals surface area contributed by atoms with Crippen LogP contribution >= 0.6 is 21.6 Å². The average Bonchev–Trinajstić information content (AvgIpc) is 3.86. The first kappa shape index (κ1) is 37.2. The Hall–Kier alpha value is -2.40. The molecule has 4 N–H and O–H groups in total. The summed E-state index contributed by atoms with van der Waals surface area (Å²) >= 11 is 0. The van der Waals surface area contributed by atoms with Crippen LogP contribution in [-0.4, -0.2) is 47.5 Å². The molecule has 1 saturated heterocycles. The number of esters is 2. The lowest BCUT2D eigenvalue weighted by atomic mass is 9.44. The highest BCUT2D eigenvalue weighted by Crippen LogP contribution is 2.71. The number of carbonyl (C=O) groups is 2. The van der Waals surface area contributed by atoms with Crippen LogP contribution in [0.2, 0.25) is 0 Å². The minimum Gasteiger partial charge on any atom is -0.427 e. The second kappa shape index (κ2) is 15.2. The molecule has 0 radical (unpaired) electrons. The summed E-state index contributed by atoms with van der Waals surface area (Å²) in [4.78, 5) is 28.9. The van der Waals surface area contributed by atoms with E-state index in [-0.39, 0.29) is 40.5 Å². The highest BCUT2D eigenvalue weighted by Gasteiger charge is 2.68. The number of nitrogens with one attached hydrogen (secondary N) is 3. The predicted octanol–water partition coefficient (Wildman–Crippen LogP) is 8.45. The molecule has 4 aliphatic heterocycles. The fraction of sp³-hybridized carbons (Fsp3) is 0.682. The molecule has 6 aliphatic carbocycles. The first-order valence-corrected chi connectivity index (χ1v) is 23.6. The maximum absolute atomic E-state index is 14.6. The third-order valence-corrected chi connectivity index (χ3v) is 17.4. The Kier molecular flexibility index (Phi) is 10.4. The Morgan fingerprint density at radius 1 is 1.00 bits per heavy atom. The van der Waals surface area contributed by atoms with Gasteiger partial charge in [-0.05, 0) is 118 Å². The van der Waals surface area contributed by atoms with E-state index in [0.29, 0.717) is 18.4 Å². The number of cyclic esters (lactones) is 1. The zero-order chi connectivity index (χ0) is 37.0. The van der Waals surface area contributed by atoms with Gasteiger partial charge in [0.1, 0.15) is 11.5 Å². The number of allylic oxidation sites excluding steroid dienone is 7. The van der Waals surface area contributed by atoms with Crippen LogP contribution in [0.3, 0.4) is 0 Å². The molecule has 0 amide bonds. The molecule has 4 fully saturated rings. The third kappa shape index (κ3) is 6.47. The van der Waals surface area contributed by atoms with Gasteiger partial charge in [-0.15, -0.1) is 0 Å². The molecule has 7 unspecified atom stereocenters. The van der Waals surface area contributed by atoms with Crippen LogP contribution in [0.25, 0.3) is 0 Å². The summed E-state index contributed by atoms with van der Waals surface area (Å²) in [5.41, 5.74) is 4.73. The summed E-state index contributed by atoms with van der Waals surface area (Å²) in [7, 11) is 3.69. The van der Waals surface area contributed by atoms with E-state index in [1.807, 2.05) is 28.5 Å². The van der Waals surface area contributed by atoms with Crippen LogP contribution < -0.4 is 16.0 Å². The number of ether oxygens (including phenoxy) is 2. The van der Waals surface area contributed by atoms with E-state index in [1.165, 1.54) is 56.1 Å². The first-order valence-electron chi connectivity index (χ1n) is 21.2. The van der Waals surface area contributed by atoms with Gasteiger partial charge in [0.2, 0.25) is 0 Å². The van der Waals surface area contributed by atoms with E-state index < -0.39 is 11.5 Å². The van der Waals surface area contributed by atoms with E-state index in [0.717, 1.165) is 104 Å². The van der Waals surface area contributed by atoms with Crippen LogP contribution in [-0.2, 0) is 19.1 Å². The van der Waals surface area contributed by atoms with Crippen molar-refractivity contribution in [2.24, 2.45) is 40.4 Å². The second-order valence-electron chi connectivity index (χ2n) is 17.8. The van der Waals surface area contributed by atoms with Gasteiger partial charge in [-0.2, -0.15) is 0 Å². The Bertz CT molecular complexity index is 1730. The fourth-order valence-electron chi connectivity index (χ4n) is 12.4. The van der Waals surface area contributed by atoms with Crippen molar-refractivity contribution in [2.45, 2.75) is 128 Å². The van der Waals surface area contributed by atoms with Crippen molar-refractivity contribution in [3.8, 4) is 0 Å². The van der Waals surface area contributed by atoms with Gasteiger partial charge in [0.05, 0.1) is 34.2 Å². The largest absolute Gasteiger partial charge is 0.427 e. The monoisotopic (exact) mass is 773 g/mol. The Labute approximate surface area is 329 Å². The minimum absolute atomic E-state index is 0.101. The highest BCUT2D eigenvalue weighted by molar-refractivity contribution is 8.76. The van der Waals surface area contributed by atoms with Crippen molar-refractivity contribution in [3.05, 3.63) is 69.5 Å². The van der Waals surface area contributed by atoms with Crippen molar-refractivity contribution in [3.63, 3.8) is 0 Å². The van der Waals surface area contributed by atoms with Crippen molar-refractivity contribution < 1.29 is 24.2 Å². The molecule has 3 saturated carbocycles. The number of fused-ring (bicyclic) bond motifs is 2. The molecule has 54 heavy (non-hydrogen) atoms. The lowest BCUT2D eigenvalue weighted by molar-refractivity contribution is -0.135. The smallest absolute Gasteiger partial charge is 0.340 e. The van der Waals surface area contributed by atoms with Gasteiger partial charge in [-0.25, -0.2) is 9.59 Å².